The minimum atomic E-state index is 0.0537. The van der Waals surface area contributed by atoms with Gasteiger partial charge in [0.05, 0.1) is 92.0 Å². The van der Waals surface area contributed by atoms with Gasteiger partial charge in [0.15, 0.2) is 0 Å². The van der Waals surface area contributed by atoms with Crippen LogP contribution in [-0.4, -0.2) is 99.2 Å². The van der Waals surface area contributed by atoms with Crippen LogP contribution in [0.3, 0.4) is 0 Å². The third-order valence-corrected chi connectivity index (χ3v) is 5.58. The molecule has 0 aliphatic heterocycles. The number of Topliss-reactive ketones (excluding diaryl/α,β-unsaturated/α-hetero) is 2. The Morgan fingerprint density at radius 3 is 1.76 bits per heavy atom. The topological polar surface area (TPSA) is 120 Å². The van der Waals surface area contributed by atoms with Gasteiger partial charge in [-0.2, -0.15) is 0 Å². The van der Waals surface area contributed by atoms with E-state index in [1.807, 2.05) is 33.9 Å². The van der Waals surface area contributed by atoms with Crippen molar-refractivity contribution in [3.05, 3.63) is 11.9 Å². The molecule has 214 valence electrons. The molecule has 0 aliphatic rings. The summed E-state index contributed by atoms with van der Waals surface area (Å²) in [6.45, 7) is 13.8. The summed E-state index contributed by atoms with van der Waals surface area (Å²) in [4.78, 5) is 23.2. The zero-order valence-electron chi connectivity index (χ0n) is 23.2. The predicted molar refractivity (Wildman–Crippen MR) is 137 cm³/mol. The Balaban J connectivity index is 1.87. The smallest absolute Gasteiger partial charge is 0.137 e. The van der Waals surface area contributed by atoms with E-state index in [1.165, 1.54) is 0 Å². The summed E-state index contributed by atoms with van der Waals surface area (Å²) in [6.07, 6.45) is 3.60. The van der Waals surface area contributed by atoms with E-state index < -0.39 is 0 Å². The minimum absolute atomic E-state index is 0.0537. The lowest BCUT2D eigenvalue weighted by atomic mass is 10.0. The zero-order chi connectivity index (χ0) is 27.1. The maximum Gasteiger partial charge on any atom is 0.137 e. The number of hydrogen-bond donors (Lipinski definition) is 0. The lowest BCUT2D eigenvalue weighted by molar-refractivity contribution is -0.124. The fourth-order valence-corrected chi connectivity index (χ4v) is 2.94. The normalized spacial score (nSPS) is 12.4. The number of ketones is 2. The van der Waals surface area contributed by atoms with Crippen molar-refractivity contribution in [2.45, 2.75) is 60.1 Å². The molecule has 0 saturated carbocycles. The van der Waals surface area contributed by atoms with Gasteiger partial charge >= 0.3 is 0 Å². The number of nitrogens with zero attached hydrogens (tertiary/aromatic N) is 3. The van der Waals surface area contributed by atoms with Crippen molar-refractivity contribution in [3.8, 4) is 0 Å². The molecule has 1 heterocycles. The Morgan fingerprint density at radius 1 is 0.730 bits per heavy atom. The summed E-state index contributed by atoms with van der Waals surface area (Å²) < 4.78 is 34.5. The van der Waals surface area contributed by atoms with Gasteiger partial charge in [-0.25, -0.2) is 4.68 Å². The second kappa shape index (κ2) is 22.2. The first-order valence-corrected chi connectivity index (χ1v) is 13.3. The monoisotopic (exact) mass is 529 g/mol. The number of rotatable bonds is 26. The van der Waals surface area contributed by atoms with Crippen LogP contribution in [0.25, 0.3) is 0 Å². The molecular formula is C26H47N3O8. The van der Waals surface area contributed by atoms with Crippen molar-refractivity contribution in [3.63, 3.8) is 0 Å². The number of ether oxygens (including phenoxy) is 6. The highest BCUT2D eigenvalue weighted by molar-refractivity contribution is 5.80. The Hall–Kier alpha value is -1.76. The molecule has 0 radical (unpaired) electrons. The average molecular weight is 530 g/mol. The molecule has 11 heteroatoms. The molecule has 1 atom stereocenters. The van der Waals surface area contributed by atoms with Gasteiger partial charge in [0.25, 0.3) is 0 Å². The first kappa shape index (κ1) is 33.3. The lowest BCUT2D eigenvalue weighted by Crippen LogP contribution is -2.15. The molecule has 0 aliphatic carbocycles. The Labute approximate surface area is 221 Å². The molecule has 0 amide bonds. The first-order valence-electron chi connectivity index (χ1n) is 13.3. The number of hydrogen-bond acceptors (Lipinski definition) is 10. The van der Waals surface area contributed by atoms with E-state index in [9.17, 15) is 9.59 Å². The molecule has 0 saturated heterocycles. The molecule has 0 fully saturated rings. The summed E-state index contributed by atoms with van der Waals surface area (Å²) in [6, 6.07) is 0. The van der Waals surface area contributed by atoms with Gasteiger partial charge in [-0.05, 0) is 6.42 Å². The van der Waals surface area contributed by atoms with Crippen molar-refractivity contribution < 1.29 is 38.0 Å². The highest BCUT2D eigenvalue weighted by atomic mass is 16.6. The van der Waals surface area contributed by atoms with Crippen LogP contribution in [0.1, 0.15) is 52.7 Å². The second-order valence-corrected chi connectivity index (χ2v) is 8.98. The van der Waals surface area contributed by atoms with Crippen LogP contribution in [0.15, 0.2) is 6.20 Å². The predicted octanol–water partition coefficient (Wildman–Crippen LogP) is 2.50. The van der Waals surface area contributed by atoms with E-state index in [1.54, 1.807) is 4.68 Å². The molecular weight excluding hydrogens is 482 g/mol. The van der Waals surface area contributed by atoms with Crippen LogP contribution in [0.5, 0.6) is 0 Å². The molecule has 1 aromatic rings. The van der Waals surface area contributed by atoms with Crippen molar-refractivity contribution in [2.75, 3.05) is 72.7 Å². The van der Waals surface area contributed by atoms with Gasteiger partial charge in [0.1, 0.15) is 17.3 Å². The maximum atomic E-state index is 11.7. The third kappa shape index (κ3) is 18.2. The summed E-state index contributed by atoms with van der Waals surface area (Å²) in [5.74, 6) is 0.626. The van der Waals surface area contributed by atoms with E-state index in [4.69, 9.17) is 28.4 Å². The number of carbonyl (C=O) groups is 2. The van der Waals surface area contributed by atoms with Crippen molar-refractivity contribution in [2.24, 2.45) is 11.8 Å². The summed E-state index contributed by atoms with van der Waals surface area (Å²) in [7, 11) is 0. The first-order chi connectivity index (χ1) is 17.9. The molecule has 0 N–H and O–H groups in total. The molecule has 1 aromatic heterocycles. The lowest BCUT2D eigenvalue weighted by Gasteiger charge is -2.08. The minimum Gasteiger partial charge on any atom is -0.379 e. The number of aromatic nitrogens is 3. The highest BCUT2D eigenvalue weighted by Gasteiger charge is 2.09. The maximum absolute atomic E-state index is 11.7. The molecule has 0 aromatic carbocycles. The quantitative estimate of drug-likeness (QED) is 0.166. The standard InChI is InChI=1S/C26H47N3O8/c1-5-23(4)26(31)7-10-33-13-15-35-16-17-36-18-19-37-21-24-20-29(28-27-24)8-11-34-14-12-32-9-6-25(30)22(2)3/h20,22-23H,5-19,21H2,1-4H3. The SMILES string of the molecule is CCC(C)C(=O)CCOCCOCCOCCOCc1cn(CCOCCOCCC(=O)C(C)C)nn1. The zero-order valence-corrected chi connectivity index (χ0v) is 23.2. The summed E-state index contributed by atoms with van der Waals surface area (Å²) in [5.41, 5.74) is 0.743. The molecule has 1 rings (SSSR count). The Bertz CT molecular complexity index is 714. The van der Waals surface area contributed by atoms with Crippen LogP contribution < -0.4 is 0 Å². The third-order valence-electron chi connectivity index (χ3n) is 5.58. The van der Waals surface area contributed by atoms with Crippen LogP contribution in [0.2, 0.25) is 0 Å². The molecule has 37 heavy (non-hydrogen) atoms. The van der Waals surface area contributed by atoms with Crippen molar-refractivity contribution in [1.29, 1.82) is 0 Å². The average Bonchev–Trinajstić information content (AvgIpc) is 3.34. The van der Waals surface area contributed by atoms with E-state index >= 15 is 0 Å². The van der Waals surface area contributed by atoms with Gasteiger partial charge in [-0.1, -0.05) is 32.9 Å². The van der Waals surface area contributed by atoms with Crippen molar-refractivity contribution in [1.82, 2.24) is 15.0 Å². The molecule has 0 bridgehead atoms. The van der Waals surface area contributed by atoms with Gasteiger partial charge < -0.3 is 28.4 Å². The van der Waals surface area contributed by atoms with E-state index in [-0.39, 0.29) is 23.4 Å². The van der Waals surface area contributed by atoms with E-state index in [2.05, 4.69) is 10.3 Å². The van der Waals surface area contributed by atoms with Crippen LogP contribution in [0, 0.1) is 11.8 Å². The largest absolute Gasteiger partial charge is 0.379 e. The summed E-state index contributed by atoms with van der Waals surface area (Å²) in [5, 5.41) is 8.14. The second-order valence-electron chi connectivity index (χ2n) is 8.98. The summed E-state index contributed by atoms with van der Waals surface area (Å²) >= 11 is 0. The Kier molecular flexibility index (Phi) is 20.0. The van der Waals surface area contributed by atoms with Crippen LogP contribution in [0.4, 0.5) is 0 Å². The Morgan fingerprint density at radius 2 is 1.22 bits per heavy atom. The highest BCUT2D eigenvalue weighted by Crippen LogP contribution is 2.05. The van der Waals surface area contributed by atoms with E-state index in [0.29, 0.717) is 98.7 Å². The molecule has 11 nitrogen and oxygen atoms in total. The molecule has 1 unspecified atom stereocenters. The van der Waals surface area contributed by atoms with Gasteiger partial charge in [0, 0.05) is 24.7 Å². The van der Waals surface area contributed by atoms with Gasteiger partial charge in [-0.3, -0.25) is 9.59 Å². The van der Waals surface area contributed by atoms with Crippen molar-refractivity contribution >= 4 is 11.6 Å². The van der Waals surface area contributed by atoms with Crippen LogP contribution >= 0.6 is 0 Å². The van der Waals surface area contributed by atoms with Gasteiger partial charge in [0.2, 0.25) is 0 Å². The fraction of sp³-hybridized carbons (Fsp3) is 0.846. The van der Waals surface area contributed by atoms with Gasteiger partial charge in [-0.15, -0.1) is 5.10 Å². The molecule has 0 spiro atoms. The van der Waals surface area contributed by atoms with Crippen LogP contribution in [-0.2, 0) is 51.2 Å². The van der Waals surface area contributed by atoms with E-state index in [0.717, 1.165) is 12.1 Å². The number of carbonyl (C=O) groups excluding carboxylic acids is 2. The fourth-order valence-electron chi connectivity index (χ4n) is 2.94.